The molecule has 44 heavy (non-hydrogen) atoms. The Kier molecular flexibility index (Phi) is 5.47. The second-order valence-electron chi connectivity index (χ2n) is 11.1. The van der Waals surface area contributed by atoms with E-state index in [2.05, 4.69) is 140 Å². The normalized spacial score (nSPS) is 11.6. The molecule has 4 nitrogen and oxygen atoms in total. The predicted molar refractivity (Wildman–Crippen MR) is 182 cm³/mol. The molecule has 0 saturated carbocycles. The van der Waals surface area contributed by atoms with E-state index in [-0.39, 0.29) is 0 Å². The maximum Gasteiger partial charge on any atom is 0.0645 e. The molecule has 0 fully saturated rings. The highest BCUT2D eigenvalue weighted by molar-refractivity contribution is 6.12. The van der Waals surface area contributed by atoms with Crippen molar-refractivity contribution >= 4 is 43.6 Å². The number of rotatable bonds is 4. The number of pyridine rings is 2. The zero-order valence-electron chi connectivity index (χ0n) is 23.8. The molecule has 4 aromatic heterocycles. The minimum atomic E-state index is 1.06. The summed E-state index contributed by atoms with van der Waals surface area (Å²) in [5.41, 5.74) is 11.6. The molecule has 9 aromatic rings. The van der Waals surface area contributed by atoms with Gasteiger partial charge in [-0.05, 0) is 82.9 Å². The Morgan fingerprint density at radius 1 is 0.364 bits per heavy atom. The molecule has 9 rings (SSSR count). The molecule has 0 radical (unpaired) electrons. The van der Waals surface area contributed by atoms with Gasteiger partial charge in [-0.25, -0.2) is 0 Å². The molecule has 0 spiro atoms. The Bertz CT molecular complexity index is 2310. The van der Waals surface area contributed by atoms with Gasteiger partial charge in [-0.1, -0.05) is 72.8 Å². The molecule has 0 N–H and O–H groups in total. The first-order valence-electron chi connectivity index (χ1n) is 14.8. The molecule has 0 aliphatic heterocycles. The predicted octanol–water partition coefficient (Wildman–Crippen LogP) is 10.0. The van der Waals surface area contributed by atoms with Crippen LogP contribution < -0.4 is 0 Å². The minimum Gasteiger partial charge on any atom is -0.308 e. The lowest BCUT2D eigenvalue weighted by Gasteiger charge is -2.12. The lowest BCUT2D eigenvalue weighted by Crippen LogP contribution is -1.94. The lowest BCUT2D eigenvalue weighted by molar-refractivity contribution is 1.14. The third-order valence-corrected chi connectivity index (χ3v) is 8.70. The Balaban J connectivity index is 1.24. The second-order valence-corrected chi connectivity index (χ2v) is 11.1. The first-order chi connectivity index (χ1) is 21.8. The van der Waals surface area contributed by atoms with E-state index >= 15 is 0 Å². The van der Waals surface area contributed by atoms with Gasteiger partial charge in [0, 0.05) is 33.9 Å². The van der Waals surface area contributed by atoms with Gasteiger partial charge in [0.15, 0.2) is 0 Å². The summed E-state index contributed by atoms with van der Waals surface area (Å²) in [5, 5.41) is 4.92. The highest BCUT2D eigenvalue weighted by Gasteiger charge is 2.17. The van der Waals surface area contributed by atoms with Crippen LogP contribution in [0.1, 0.15) is 0 Å². The Labute approximate surface area is 254 Å². The highest BCUT2D eigenvalue weighted by Crippen LogP contribution is 2.40. The van der Waals surface area contributed by atoms with E-state index in [0.29, 0.717) is 0 Å². The molecule has 0 aliphatic carbocycles. The van der Waals surface area contributed by atoms with E-state index in [1.165, 1.54) is 65.9 Å². The number of hydrogen-bond acceptors (Lipinski definition) is 2. The summed E-state index contributed by atoms with van der Waals surface area (Å²) in [4.78, 5) is 8.80. The van der Waals surface area contributed by atoms with Crippen molar-refractivity contribution in [2.45, 2.75) is 0 Å². The fraction of sp³-hybridized carbons (Fsp3) is 0. The molecule has 0 atom stereocenters. The molecular weight excluding hydrogens is 536 g/mol. The van der Waals surface area contributed by atoms with Gasteiger partial charge in [0.1, 0.15) is 0 Å². The largest absolute Gasteiger partial charge is 0.308 e. The molecular formula is C40H26N4. The maximum atomic E-state index is 4.40. The first kappa shape index (κ1) is 24.6. The van der Waals surface area contributed by atoms with E-state index in [1.54, 1.807) is 0 Å². The SMILES string of the molecule is c1cncc(-n2c3ccccc3c3cc(-c4ccccc4-c4ccc5c(c4)c4ccccc4n5-c4cccnc4)ccc32)c1. The number of nitrogens with zero attached hydrogens (tertiary/aromatic N) is 4. The van der Waals surface area contributed by atoms with E-state index in [0.717, 1.165) is 11.4 Å². The van der Waals surface area contributed by atoms with Gasteiger partial charge in [-0.15, -0.1) is 0 Å². The fourth-order valence-corrected chi connectivity index (χ4v) is 6.80. The number of benzene rings is 5. The molecule has 0 amide bonds. The van der Waals surface area contributed by atoms with Crippen molar-refractivity contribution in [2.75, 3.05) is 0 Å². The van der Waals surface area contributed by atoms with Crippen molar-refractivity contribution in [1.82, 2.24) is 19.1 Å². The van der Waals surface area contributed by atoms with Gasteiger partial charge >= 0.3 is 0 Å². The van der Waals surface area contributed by atoms with Crippen LogP contribution >= 0.6 is 0 Å². The summed E-state index contributed by atoms with van der Waals surface area (Å²) in [6.07, 6.45) is 7.49. The van der Waals surface area contributed by atoms with E-state index in [4.69, 9.17) is 0 Å². The van der Waals surface area contributed by atoms with Crippen LogP contribution in [0.2, 0.25) is 0 Å². The second kappa shape index (κ2) is 9.79. The lowest BCUT2D eigenvalue weighted by atomic mass is 9.93. The first-order valence-corrected chi connectivity index (χ1v) is 14.8. The van der Waals surface area contributed by atoms with Gasteiger partial charge in [0.2, 0.25) is 0 Å². The van der Waals surface area contributed by atoms with Crippen molar-refractivity contribution in [3.8, 4) is 33.6 Å². The average molecular weight is 563 g/mol. The van der Waals surface area contributed by atoms with Gasteiger partial charge in [0.05, 0.1) is 45.8 Å². The monoisotopic (exact) mass is 562 g/mol. The third-order valence-electron chi connectivity index (χ3n) is 8.70. The summed E-state index contributed by atoms with van der Waals surface area (Å²) < 4.78 is 4.61. The van der Waals surface area contributed by atoms with Gasteiger partial charge in [-0.3, -0.25) is 9.97 Å². The summed E-state index contributed by atoms with van der Waals surface area (Å²) in [6, 6.07) is 47.9. The maximum absolute atomic E-state index is 4.40. The quantitative estimate of drug-likeness (QED) is 0.214. The molecule has 4 heterocycles. The van der Waals surface area contributed by atoms with E-state index in [9.17, 15) is 0 Å². The van der Waals surface area contributed by atoms with Gasteiger partial charge in [0.25, 0.3) is 0 Å². The van der Waals surface area contributed by atoms with Crippen LogP contribution in [0.15, 0.2) is 158 Å². The fourth-order valence-electron chi connectivity index (χ4n) is 6.80. The average Bonchev–Trinajstić information content (AvgIpc) is 3.61. The van der Waals surface area contributed by atoms with Crippen LogP contribution in [0.3, 0.4) is 0 Å². The summed E-state index contributed by atoms with van der Waals surface area (Å²) in [6.45, 7) is 0. The van der Waals surface area contributed by atoms with Crippen LogP contribution in [-0.4, -0.2) is 19.1 Å². The Morgan fingerprint density at radius 3 is 1.25 bits per heavy atom. The van der Waals surface area contributed by atoms with E-state index < -0.39 is 0 Å². The number of aromatic nitrogens is 4. The zero-order valence-corrected chi connectivity index (χ0v) is 23.8. The number of para-hydroxylation sites is 2. The molecule has 4 heteroatoms. The topological polar surface area (TPSA) is 35.6 Å². The van der Waals surface area contributed by atoms with Crippen molar-refractivity contribution in [3.05, 3.63) is 158 Å². The van der Waals surface area contributed by atoms with Crippen molar-refractivity contribution < 1.29 is 0 Å². The highest BCUT2D eigenvalue weighted by atomic mass is 15.0. The minimum absolute atomic E-state index is 1.06. The zero-order chi connectivity index (χ0) is 29.0. The van der Waals surface area contributed by atoms with Gasteiger partial charge in [-0.2, -0.15) is 0 Å². The third kappa shape index (κ3) is 3.71. The summed E-state index contributed by atoms with van der Waals surface area (Å²) in [5.74, 6) is 0. The molecule has 5 aromatic carbocycles. The molecule has 0 aliphatic rings. The van der Waals surface area contributed by atoms with Crippen molar-refractivity contribution in [2.24, 2.45) is 0 Å². The van der Waals surface area contributed by atoms with Crippen LogP contribution in [0.4, 0.5) is 0 Å². The number of hydrogen-bond donors (Lipinski definition) is 0. The van der Waals surface area contributed by atoms with Crippen molar-refractivity contribution in [3.63, 3.8) is 0 Å². The van der Waals surface area contributed by atoms with Gasteiger partial charge < -0.3 is 9.13 Å². The van der Waals surface area contributed by atoms with Crippen LogP contribution in [0.5, 0.6) is 0 Å². The van der Waals surface area contributed by atoms with Crippen LogP contribution in [0.25, 0.3) is 77.2 Å². The van der Waals surface area contributed by atoms with E-state index in [1.807, 2.05) is 36.9 Å². The van der Waals surface area contributed by atoms with Crippen molar-refractivity contribution in [1.29, 1.82) is 0 Å². The standard InChI is InChI=1S/C40H26N4/c1-2-12-32(28-18-20-40-36(24-28)34-14-4-6-16-38(34)44(40)30-10-8-22-42-26-30)31(11-1)27-17-19-39-35(23-27)33-13-3-5-15-37(33)43(39)29-9-7-21-41-25-29/h1-26H. The molecule has 0 bridgehead atoms. The summed E-state index contributed by atoms with van der Waals surface area (Å²) in [7, 11) is 0. The summed E-state index contributed by atoms with van der Waals surface area (Å²) >= 11 is 0. The van der Waals surface area contributed by atoms with Crippen LogP contribution in [0, 0.1) is 0 Å². The molecule has 0 unspecified atom stereocenters. The molecule has 206 valence electrons. The number of fused-ring (bicyclic) bond motifs is 6. The van der Waals surface area contributed by atoms with Crippen LogP contribution in [-0.2, 0) is 0 Å². The smallest absolute Gasteiger partial charge is 0.0645 e. The Morgan fingerprint density at radius 2 is 0.795 bits per heavy atom. The Hall–Kier alpha value is -6.00. The molecule has 0 saturated heterocycles.